The molecular formula is C17H11ClN6O3S. The second kappa shape index (κ2) is 7.71. The Bertz CT molecular complexity index is 1110. The minimum atomic E-state index is -0.707. The molecule has 0 aliphatic heterocycles. The Labute approximate surface area is 167 Å². The highest BCUT2D eigenvalue weighted by Gasteiger charge is 2.13. The molecule has 1 amide bonds. The highest BCUT2D eigenvalue weighted by molar-refractivity contribution is 7.07. The van der Waals surface area contributed by atoms with Crippen molar-refractivity contribution in [1.29, 1.82) is 0 Å². The van der Waals surface area contributed by atoms with Crippen LogP contribution in [0, 0.1) is 6.92 Å². The number of aryl methyl sites for hydroxylation is 1. The third kappa shape index (κ3) is 3.82. The summed E-state index contributed by atoms with van der Waals surface area (Å²) in [6.45, 7) is 1.69. The van der Waals surface area contributed by atoms with Crippen molar-refractivity contribution in [3.8, 4) is 27.6 Å². The van der Waals surface area contributed by atoms with Crippen LogP contribution in [-0.4, -0.2) is 30.6 Å². The van der Waals surface area contributed by atoms with E-state index < -0.39 is 6.09 Å². The van der Waals surface area contributed by atoms with Gasteiger partial charge in [0.15, 0.2) is 18.0 Å². The first-order valence-corrected chi connectivity index (χ1v) is 9.04. The first-order chi connectivity index (χ1) is 13.6. The van der Waals surface area contributed by atoms with Crippen LogP contribution >= 0.6 is 23.1 Å². The van der Waals surface area contributed by atoms with Gasteiger partial charge in [-0.05, 0) is 25.1 Å². The quantitative estimate of drug-likeness (QED) is 0.527. The fourth-order valence-corrected chi connectivity index (χ4v) is 3.03. The number of aromatic nitrogens is 5. The third-order valence-electron chi connectivity index (χ3n) is 3.64. The largest absolute Gasteiger partial charge is 0.444 e. The summed E-state index contributed by atoms with van der Waals surface area (Å²) >= 11 is 7.28. The molecule has 3 heterocycles. The standard InChI is InChI=1S/C17H11ClN6O3S/c1-9-16(28-24-23-9)27-17(25)22-15-7-20-13(5-21-15)11-4-10(2-3-12(11)18)14-6-19-8-26-14/h2-8H,1H3,(H,21,22,25). The van der Waals surface area contributed by atoms with Gasteiger partial charge in [0, 0.05) is 22.7 Å². The van der Waals surface area contributed by atoms with E-state index in [1.54, 1.807) is 19.2 Å². The second-order valence-electron chi connectivity index (χ2n) is 5.51. The van der Waals surface area contributed by atoms with Crippen molar-refractivity contribution in [3.05, 3.63) is 53.9 Å². The summed E-state index contributed by atoms with van der Waals surface area (Å²) in [5.74, 6) is 0.839. The minimum Gasteiger partial charge on any atom is -0.444 e. The number of anilines is 1. The van der Waals surface area contributed by atoms with Crippen LogP contribution in [0.5, 0.6) is 5.06 Å². The van der Waals surface area contributed by atoms with E-state index in [0.29, 0.717) is 32.8 Å². The SMILES string of the molecule is Cc1nnsc1OC(=O)Nc1cnc(-c2cc(-c3cnco3)ccc2Cl)cn1. The van der Waals surface area contributed by atoms with E-state index in [-0.39, 0.29) is 5.82 Å². The molecule has 0 saturated heterocycles. The van der Waals surface area contributed by atoms with Gasteiger partial charge in [-0.15, -0.1) is 5.10 Å². The molecular weight excluding hydrogens is 404 g/mol. The Morgan fingerprint density at radius 2 is 2.14 bits per heavy atom. The maximum atomic E-state index is 11.9. The fraction of sp³-hybridized carbons (Fsp3) is 0.0588. The number of benzene rings is 1. The average molecular weight is 415 g/mol. The number of nitrogens with zero attached hydrogens (tertiary/aromatic N) is 5. The van der Waals surface area contributed by atoms with Gasteiger partial charge in [0.05, 0.1) is 29.3 Å². The van der Waals surface area contributed by atoms with Crippen molar-refractivity contribution in [2.75, 3.05) is 5.32 Å². The zero-order chi connectivity index (χ0) is 19.5. The van der Waals surface area contributed by atoms with Gasteiger partial charge in [0.2, 0.25) is 5.06 Å². The van der Waals surface area contributed by atoms with Gasteiger partial charge in [-0.3, -0.25) is 10.3 Å². The van der Waals surface area contributed by atoms with Crippen molar-refractivity contribution in [1.82, 2.24) is 24.5 Å². The monoisotopic (exact) mass is 414 g/mol. The van der Waals surface area contributed by atoms with Crippen LogP contribution in [0.1, 0.15) is 5.69 Å². The second-order valence-corrected chi connectivity index (χ2v) is 6.63. The van der Waals surface area contributed by atoms with Crippen molar-refractivity contribution >= 4 is 35.0 Å². The number of carbonyl (C=O) groups is 1. The molecule has 140 valence electrons. The lowest BCUT2D eigenvalue weighted by atomic mass is 10.1. The van der Waals surface area contributed by atoms with Gasteiger partial charge >= 0.3 is 6.09 Å². The summed E-state index contributed by atoms with van der Waals surface area (Å²) in [4.78, 5) is 24.3. The van der Waals surface area contributed by atoms with Gasteiger partial charge in [0.1, 0.15) is 5.69 Å². The summed E-state index contributed by atoms with van der Waals surface area (Å²) < 4.78 is 14.1. The molecule has 0 radical (unpaired) electrons. The van der Waals surface area contributed by atoms with Crippen LogP contribution in [0.25, 0.3) is 22.6 Å². The molecule has 1 N–H and O–H groups in total. The molecule has 3 aromatic heterocycles. The molecule has 0 bridgehead atoms. The van der Waals surface area contributed by atoms with E-state index in [0.717, 1.165) is 17.1 Å². The maximum Gasteiger partial charge on any atom is 0.419 e. The number of nitrogens with one attached hydrogen (secondary N) is 1. The molecule has 0 aliphatic carbocycles. The van der Waals surface area contributed by atoms with Gasteiger partial charge < -0.3 is 9.15 Å². The van der Waals surface area contributed by atoms with Crippen LogP contribution in [-0.2, 0) is 0 Å². The number of carbonyl (C=O) groups excluding carboxylic acids is 1. The van der Waals surface area contributed by atoms with E-state index >= 15 is 0 Å². The molecule has 0 atom stereocenters. The molecule has 0 unspecified atom stereocenters. The van der Waals surface area contributed by atoms with Crippen LogP contribution in [0.3, 0.4) is 0 Å². The first-order valence-electron chi connectivity index (χ1n) is 7.89. The summed E-state index contributed by atoms with van der Waals surface area (Å²) in [7, 11) is 0. The van der Waals surface area contributed by atoms with Crippen molar-refractivity contribution in [2.45, 2.75) is 6.92 Å². The average Bonchev–Trinajstić information content (AvgIpc) is 3.36. The number of halogens is 1. The van der Waals surface area contributed by atoms with Crippen LogP contribution < -0.4 is 10.1 Å². The molecule has 28 heavy (non-hydrogen) atoms. The van der Waals surface area contributed by atoms with Gasteiger partial charge in [-0.25, -0.2) is 14.8 Å². The zero-order valence-corrected chi connectivity index (χ0v) is 15.9. The molecule has 1 aromatic carbocycles. The van der Waals surface area contributed by atoms with Gasteiger partial charge in [-0.1, -0.05) is 16.1 Å². The molecule has 0 spiro atoms. The summed E-state index contributed by atoms with van der Waals surface area (Å²) in [5, 5.41) is 7.09. The minimum absolute atomic E-state index is 0.228. The summed E-state index contributed by atoms with van der Waals surface area (Å²) in [6, 6.07) is 5.39. The summed E-state index contributed by atoms with van der Waals surface area (Å²) in [6.07, 6.45) is 5.16. The molecule has 0 fully saturated rings. The zero-order valence-electron chi connectivity index (χ0n) is 14.3. The van der Waals surface area contributed by atoms with Crippen LogP contribution in [0.15, 0.2) is 47.6 Å². The molecule has 4 aromatic rings. The first kappa shape index (κ1) is 18.0. The fourth-order valence-electron chi connectivity index (χ4n) is 2.30. The van der Waals surface area contributed by atoms with Gasteiger partial charge in [-0.2, -0.15) is 0 Å². The Morgan fingerprint density at radius 3 is 2.82 bits per heavy atom. The number of ether oxygens (including phenoxy) is 1. The number of hydrogen-bond acceptors (Lipinski definition) is 9. The van der Waals surface area contributed by atoms with Gasteiger partial charge in [0.25, 0.3) is 0 Å². The molecule has 9 nitrogen and oxygen atoms in total. The lowest BCUT2D eigenvalue weighted by molar-refractivity contribution is 0.216. The van der Waals surface area contributed by atoms with E-state index in [9.17, 15) is 4.79 Å². The van der Waals surface area contributed by atoms with Crippen LogP contribution in [0.2, 0.25) is 5.02 Å². The third-order valence-corrected chi connectivity index (χ3v) is 4.67. The maximum absolute atomic E-state index is 11.9. The molecule has 11 heteroatoms. The van der Waals surface area contributed by atoms with Crippen LogP contribution in [0.4, 0.5) is 10.6 Å². The molecule has 0 saturated carbocycles. The number of hydrogen-bond donors (Lipinski definition) is 1. The summed E-state index contributed by atoms with van der Waals surface area (Å²) in [5.41, 5.74) is 2.54. The molecule has 4 rings (SSSR count). The molecule has 0 aliphatic rings. The van der Waals surface area contributed by atoms with E-state index in [1.165, 1.54) is 18.8 Å². The Hall–Kier alpha value is -3.37. The van der Waals surface area contributed by atoms with E-state index in [1.807, 2.05) is 12.1 Å². The Balaban J connectivity index is 1.51. The lowest BCUT2D eigenvalue weighted by Crippen LogP contribution is -2.17. The van der Waals surface area contributed by atoms with E-state index in [4.69, 9.17) is 20.8 Å². The Morgan fingerprint density at radius 1 is 1.25 bits per heavy atom. The van der Waals surface area contributed by atoms with Crippen molar-refractivity contribution < 1.29 is 13.9 Å². The smallest absolute Gasteiger partial charge is 0.419 e. The number of oxazole rings is 1. The predicted octanol–water partition coefficient (Wildman–Crippen LogP) is 4.22. The Kier molecular flexibility index (Phi) is 4.96. The number of rotatable bonds is 4. The highest BCUT2D eigenvalue weighted by atomic mass is 35.5. The van der Waals surface area contributed by atoms with Crippen molar-refractivity contribution in [3.63, 3.8) is 0 Å². The predicted molar refractivity (Wildman–Crippen MR) is 102 cm³/mol. The van der Waals surface area contributed by atoms with Crippen molar-refractivity contribution in [2.24, 2.45) is 0 Å². The highest BCUT2D eigenvalue weighted by Crippen LogP contribution is 2.31. The lowest BCUT2D eigenvalue weighted by Gasteiger charge is -2.07. The van der Waals surface area contributed by atoms with E-state index in [2.05, 4.69) is 29.9 Å². The normalized spacial score (nSPS) is 10.6. The number of amides is 1. The topological polar surface area (TPSA) is 116 Å².